The molecule has 97 heavy (non-hydrogen) atoms. The molecule has 1 N–H and O–H groups in total. The largest absolute Gasteiger partial charge is 0.497 e. The maximum atomic E-state index is 14.9. The minimum atomic E-state index is -2.53. The lowest BCUT2D eigenvalue weighted by Gasteiger charge is -2.59. The molecule has 0 radical (unpaired) electrons. The lowest BCUT2D eigenvalue weighted by atomic mass is 9.47. The van der Waals surface area contributed by atoms with Crippen molar-refractivity contribution in [1.29, 1.82) is 0 Å². The number of ether oxygens (including phenoxy) is 8. The van der Waals surface area contributed by atoms with Crippen molar-refractivity contribution in [3.63, 3.8) is 0 Å². The molecule has 2 saturated heterocycles. The average molecular weight is 1430 g/mol. The molecule has 2 heterocycles. The third kappa shape index (κ3) is 19.0. The Kier molecular flexibility index (Phi) is 30.3. The van der Waals surface area contributed by atoms with Crippen LogP contribution in [0.1, 0.15) is 237 Å². The van der Waals surface area contributed by atoms with Crippen molar-refractivity contribution < 1.29 is 75.1 Å². The van der Waals surface area contributed by atoms with E-state index in [0.717, 1.165) is 106 Å². The van der Waals surface area contributed by atoms with Crippen LogP contribution in [-0.2, 0) is 60.5 Å². The van der Waals surface area contributed by atoms with Crippen LogP contribution in [0.25, 0.3) is 0 Å². The fourth-order valence-corrected chi connectivity index (χ4v) is 27.7. The van der Waals surface area contributed by atoms with E-state index in [0.29, 0.717) is 30.1 Å². The number of carbonyl (C=O) groups is 3. The zero-order valence-electron chi connectivity index (χ0n) is 64.2. The minimum Gasteiger partial charge on any atom is -0.497 e. The molecule has 0 amide bonds. The third-order valence-corrected chi connectivity index (χ3v) is 44.6. The second-order valence-electron chi connectivity index (χ2n) is 32.1. The molecule has 2 aliphatic heterocycles. The molecule has 1 aromatic carbocycles. The molecule has 0 spiro atoms. The number of methoxy groups -OCH3 is 1. The predicted octanol–water partition coefficient (Wildman–Crippen LogP) is 18.4. The minimum absolute atomic E-state index is 0.0187. The van der Waals surface area contributed by atoms with Gasteiger partial charge in [-0.2, -0.15) is 0 Å². The maximum absolute atomic E-state index is 14.9. The first-order valence-corrected chi connectivity index (χ1v) is 49.4. The summed E-state index contributed by atoms with van der Waals surface area (Å²) in [7, 11) is -7.84. The first-order chi connectivity index (χ1) is 46.1. The van der Waals surface area contributed by atoms with Crippen molar-refractivity contribution in [2.24, 2.45) is 28.6 Å². The molecule has 1 aromatic rings. The van der Waals surface area contributed by atoms with E-state index in [1.807, 2.05) is 0 Å². The van der Waals surface area contributed by atoms with Gasteiger partial charge in [0, 0.05) is 18.4 Å². The van der Waals surface area contributed by atoms with Gasteiger partial charge in [0.15, 0.2) is 58.1 Å². The topological polar surface area (TPSA) is 182 Å². The molecule has 16 nitrogen and oxygen atoms in total. The number of benzene rings is 1. The number of fused-ring (bicyclic) bond motifs is 5. The second-order valence-corrected chi connectivity index (χ2v) is 51.1. The van der Waals surface area contributed by atoms with Crippen molar-refractivity contribution in [3.05, 3.63) is 41.5 Å². The van der Waals surface area contributed by atoms with Crippen LogP contribution in [0.4, 0.5) is 0 Å². The summed E-state index contributed by atoms with van der Waals surface area (Å²) in [6.07, 6.45) is 10.6. The van der Waals surface area contributed by atoms with Crippen molar-refractivity contribution in [2.75, 3.05) is 26.9 Å². The zero-order chi connectivity index (χ0) is 71.2. The molecule has 0 aromatic heterocycles. The van der Waals surface area contributed by atoms with E-state index < -0.39 is 118 Å². The molecule has 0 unspecified atom stereocenters. The van der Waals surface area contributed by atoms with Crippen LogP contribution in [0, 0.1) is 28.6 Å². The number of allylic oxidation sites excluding steroid dienone is 1. The van der Waals surface area contributed by atoms with Crippen LogP contribution in [0.5, 0.6) is 5.75 Å². The molecule has 20 heteroatoms. The van der Waals surface area contributed by atoms with Gasteiger partial charge >= 0.3 is 17.9 Å². The van der Waals surface area contributed by atoms with Crippen LogP contribution < -0.4 is 4.74 Å². The van der Waals surface area contributed by atoms with E-state index in [4.69, 9.17) is 55.6 Å². The maximum Gasteiger partial charge on any atom is 0.338 e. The number of hydrogen-bond acceptors (Lipinski definition) is 16. The van der Waals surface area contributed by atoms with E-state index in [2.05, 4.69) is 123 Å². The van der Waals surface area contributed by atoms with Crippen molar-refractivity contribution in [3.8, 4) is 5.75 Å². The molecule has 16 atom stereocenters. The van der Waals surface area contributed by atoms with Gasteiger partial charge < -0.3 is 60.7 Å². The Hall–Kier alpha value is -2.32. The molecular weight excluding hydrogens is 1290 g/mol. The average Bonchev–Trinajstić information content (AvgIpc) is 1.58. The summed E-state index contributed by atoms with van der Waals surface area (Å²) in [4.78, 5) is 43.6. The summed E-state index contributed by atoms with van der Waals surface area (Å²) < 4.78 is 83.6. The molecule has 5 fully saturated rings. The number of hydrogen-bond donors (Lipinski definition) is 1. The Labute approximate surface area is 591 Å². The Balaban J connectivity index is 1.28. The van der Waals surface area contributed by atoms with Crippen LogP contribution in [0.3, 0.4) is 0 Å². The van der Waals surface area contributed by atoms with Crippen LogP contribution in [-0.4, -0.2) is 150 Å². The molecule has 6 aliphatic rings. The second kappa shape index (κ2) is 35.9. The summed E-state index contributed by atoms with van der Waals surface area (Å²) >= 11 is 0. The number of rotatable bonds is 38. The summed E-state index contributed by atoms with van der Waals surface area (Å²) in [5.74, 6) is -0.551. The lowest BCUT2D eigenvalue weighted by Crippen LogP contribution is -2.66. The van der Waals surface area contributed by atoms with Crippen LogP contribution in [0.2, 0.25) is 72.5 Å². The molecule has 556 valence electrons. The number of unbranched alkanes of at least 4 members (excludes halogenated alkanes) is 9. The summed E-state index contributed by atoms with van der Waals surface area (Å²) in [5, 5.41) is 14.2. The van der Waals surface area contributed by atoms with Gasteiger partial charge in [0.1, 0.15) is 23.6 Å². The van der Waals surface area contributed by atoms with Gasteiger partial charge in [-0.05, 0) is 171 Å². The van der Waals surface area contributed by atoms with Crippen molar-refractivity contribution in [2.45, 2.75) is 366 Å². The quantitative estimate of drug-likeness (QED) is 0.0217. The highest BCUT2D eigenvalue weighted by atomic mass is 28.4. The smallest absolute Gasteiger partial charge is 0.338 e. The predicted molar refractivity (Wildman–Crippen MR) is 395 cm³/mol. The molecule has 3 saturated carbocycles. The Morgan fingerprint density at radius 1 is 0.619 bits per heavy atom. The van der Waals surface area contributed by atoms with Gasteiger partial charge in [-0.3, -0.25) is 9.59 Å². The third-order valence-electron chi connectivity index (χ3n) is 26.1. The standard InChI is InChI=1S/C77H136O16Si4/c1-20-30-31-32-33-34-35-36-37-38-49-83-66(79)52-77(81)65(51-62-60-44-41-57-50-59(90-94(18,19)74(12,13)14)45-47-75(57,15)61(60)46-48-76(62,77)16)87-72-69(86-55(11)78)67(63(53-84-72)91-95(21-2,22-3)23-4)89-73-70(88-71(80)56-39-42-58(82-17)43-40-56)68(93-97(27-8,28-9)29-10)64(54-85-73)92-96(24-5,25-6)26-7/h39-43,59-65,67-70,72-73,81H,20-38,44-54H2,1-19H3/t59-,60+,61-,62-,63-,64+,65-,67-,68-,69+,70+,72-,73-,75-,76-,77+/m0/s1. The Morgan fingerprint density at radius 2 is 1.13 bits per heavy atom. The highest BCUT2D eigenvalue weighted by Crippen LogP contribution is 2.69. The van der Waals surface area contributed by atoms with Crippen LogP contribution in [0.15, 0.2) is 35.9 Å². The number of aliphatic hydroxyl groups is 1. The molecule has 7 rings (SSSR count). The van der Waals surface area contributed by atoms with Gasteiger partial charge in [-0.15, -0.1) is 0 Å². The van der Waals surface area contributed by atoms with Gasteiger partial charge in [-0.1, -0.05) is 173 Å². The molecule has 0 bridgehead atoms. The normalized spacial score (nSPS) is 31.8. The van der Waals surface area contributed by atoms with E-state index in [1.165, 1.54) is 57.4 Å². The number of carbonyl (C=O) groups excluding carboxylic acids is 3. The fourth-order valence-electron chi connectivity index (χ4n) is 17.8. The van der Waals surface area contributed by atoms with Gasteiger partial charge in [0.05, 0.1) is 57.2 Å². The lowest BCUT2D eigenvalue weighted by molar-refractivity contribution is -0.341. The molecular formula is C77H136O16Si4. The highest BCUT2D eigenvalue weighted by molar-refractivity contribution is 6.75. The summed E-state index contributed by atoms with van der Waals surface area (Å²) in [6, 6.07) is 14.4. The Morgan fingerprint density at radius 3 is 1.66 bits per heavy atom. The monoisotopic (exact) mass is 1430 g/mol. The first-order valence-electron chi connectivity index (χ1n) is 38.9. The molecule has 4 aliphatic carbocycles. The number of esters is 3. The van der Waals surface area contributed by atoms with E-state index >= 15 is 0 Å². The summed E-state index contributed by atoms with van der Waals surface area (Å²) in [5.41, 5.74) is -0.711. The van der Waals surface area contributed by atoms with Gasteiger partial charge in [0.25, 0.3) is 0 Å². The van der Waals surface area contributed by atoms with E-state index in [1.54, 1.807) is 31.4 Å². The van der Waals surface area contributed by atoms with E-state index in [-0.39, 0.29) is 54.6 Å². The van der Waals surface area contributed by atoms with Gasteiger partial charge in [0.2, 0.25) is 0 Å². The zero-order valence-corrected chi connectivity index (χ0v) is 68.2. The first kappa shape index (κ1) is 82.0. The van der Waals surface area contributed by atoms with Crippen molar-refractivity contribution >= 4 is 51.2 Å². The highest BCUT2D eigenvalue weighted by Gasteiger charge is 2.69. The fraction of sp³-hybridized carbons (Fsp3) is 0.857. The van der Waals surface area contributed by atoms with Crippen LogP contribution >= 0.6 is 0 Å². The van der Waals surface area contributed by atoms with Crippen molar-refractivity contribution in [1.82, 2.24) is 0 Å². The SMILES string of the molecule is CCCCCCCCCCCCOC(=O)C[C@@]1(O)[C@@H](O[C@@H]2OC[C@H](O[Si](CC)(CC)CC)[C@H](O[C@@H]3OC[C@@H](O[Si](CC)(CC)CC)[C@H](O[Si](CC)(CC)CC)[C@H]3OC(=O)c3ccc(OC)cc3)[C@H]2OC(C)=O)C[C@H]2[C@@H]3CC=C4C[C@@H](O[Si](C)(C)C(C)(C)C)CC[C@]4(C)[C@H]3CC[C@@]21C. The Bertz CT molecular complexity index is 2620. The summed E-state index contributed by atoms with van der Waals surface area (Å²) in [6.45, 7) is 40.0. The van der Waals surface area contributed by atoms with E-state index in [9.17, 15) is 19.5 Å². The van der Waals surface area contributed by atoms with Gasteiger partial charge in [-0.25, -0.2) is 4.79 Å².